The number of carbonyl (C=O) groups is 2. The molecule has 1 fully saturated rings. The molecule has 30 heavy (non-hydrogen) atoms. The zero-order valence-corrected chi connectivity index (χ0v) is 17.0. The van der Waals surface area contributed by atoms with Gasteiger partial charge in [0.15, 0.2) is 5.16 Å². The number of nitrogens with zero attached hydrogens (tertiary/aromatic N) is 3. The van der Waals surface area contributed by atoms with Gasteiger partial charge < -0.3 is 11.1 Å². The first-order valence-corrected chi connectivity index (χ1v) is 10.3. The number of thioether (sulfide) groups is 1. The second kappa shape index (κ2) is 8.27. The summed E-state index contributed by atoms with van der Waals surface area (Å²) in [5.41, 5.74) is 7.65. The van der Waals surface area contributed by atoms with Gasteiger partial charge in [-0.1, -0.05) is 30.0 Å². The Morgan fingerprint density at radius 3 is 2.57 bits per heavy atom. The second-order valence-electron chi connectivity index (χ2n) is 7.13. The van der Waals surface area contributed by atoms with Crippen LogP contribution >= 0.6 is 11.8 Å². The van der Waals surface area contributed by atoms with E-state index in [-0.39, 0.29) is 11.7 Å². The number of nitrogens with two attached hydrogens (primary N) is 1. The average molecular weight is 425 g/mol. The number of hydrogen-bond acceptors (Lipinski definition) is 5. The van der Waals surface area contributed by atoms with Gasteiger partial charge in [-0.25, -0.2) is 4.39 Å². The van der Waals surface area contributed by atoms with Gasteiger partial charge >= 0.3 is 0 Å². The summed E-state index contributed by atoms with van der Waals surface area (Å²) in [6.45, 7) is 1.45. The molecule has 1 saturated carbocycles. The van der Waals surface area contributed by atoms with Crippen LogP contribution in [0.5, 0.6) is 0 Å². The van der Waals surface area contributed by atoms with Gasteiger partial charge in [-0.15, -0.1) is 10.2 Å². The number of nitrogens with one attached hydrogen (secondary N) is 1. The molecule has 0 spiro atoms. The lowest BCUT2D eigenvalue weighted by atomic mass is 10.1. The van der Waals surface area contributed by atoms with Crippen molar-refractivity contribution in [2.24, 2.45) is 5.73 Å². The predicted octanol–water partition coefficient (Wildman–Crippen LogP) is 3.56. The van der Waals surface area contributed by atoms with Crippen LogP contribution in [0, 0.1) is 5.82 Å². The third kappa shape index (κ3) is 4.35. The van der Waals surface area contributed by atoms with E-state index in [1.807, 2.05) is 22.8 Å². The summed E-state index contributed by atoms with van der Waals surface area (Å²) in [5, 5.41) is 11.2. The molecule has 1 aliphatic rings. The highest BCUT2D eigenvalue weighted by atomic mass is 32.2. The highest BCUT2D eigenvalue weighted by molar-refractivity contribution is 8.00. The molecule has 3 N–H and O–H groups in total. The van der Waals surface area contributed by atoms with Crippen molar-refractivity contribution in [3.05, 3.63) is 65.7 Å². The minimum Gasteiger partial charge on any atom is -0.368 e. The van der Waals surface area contributed by atoms with Crippen molar-refractivity contribution >= 4 is 29.3 Å². The van der Waals surface area contributed by atoms with Gasteiger partial charge in [-0.05, 0) is 48.7 Å². The number of anilines is 1. The lowest BCUT2D eigenvalue weighted by molar-refractivity contribution is -0.117. The van der Waals surface area contributed by atoms with Gasteiger partial charge in [0.05, 0.1) is 5.69 Å². The van der Waals surface area contributed by atoms with Gasteiger partial charge in [-0.2, -0.15) is 0 Å². The van der Waals surface area contributed by atoms with Crippen molar-refractivity contribution in [2.75, 3.05) is 5.32 Å². The number of halogens is 1. The Morgan fingerprint density at radius 1 is 1.20 bits per heavy atom. The number of hydrogen-bond donors (Lipinski definition) is 2. The SMILES string of the molecule is CC(=O)Nc1cccc(-n2c(S[C@@H](C(N)=O)c3ccc(F)cc3)nnc2C2CC2)c1. The lowest BCUT2D eigenvalue weighted by Gasteiger charge is -2.15. The maximum Gasteiger partial charge on any atom is 0.235 e. The van der Waals surface area contributed by atoms with E-state index in [1.54, 1.807) is 6.07 Å². The Labute approximate surface area is 176 Å². The first-order valence-electron chi connectivity index (χ1n) is 9.47. The van der Waals surface area contributed by atoms with Crippen molar-refractivity contribution in [1.29, 1.82) is 0 Å². The van der Waals surface area contributed by atoms with E-state index in [9.17, 15) is 14.0 Å². The molecule has 9 heteroatoms. The maximum atomic E-state index is 13.3. The van der Waals surface area contributed by atoms with Crippen LogP contribution < -0.4 is 11.1 Å². The van der Waals surface area contributed by atoms with Crippen LogP contribution in [0.4, 0.5) is 10.1 Å². The number of carbonyl (C=O) groups excluding carboxylic acids is 2. The molecule has 1 aliphatic carbocycles. The summed E-state index contributed by atoms with van der Waals surface area (Å²) < 4.78 is 15.2. The molecule has 7 nitrogen and oxygen atoms in total. The molecule has 0 saturated heterocycles. The fraction of sp³-hybridized carbons (Fsp3) is 0.238. The average Bonchev–Trinajstić information content (AvgIpc) is 3.46. The molecule has 2 aromatic carbocycles. The summed E-state index contributed by atoms with van der Waals surface area (Å²) in [6, 6.07) is 13.0. The highest BCUT2D eigenvalue weighted by Gasteiger charge is 2.32. The Hall–Kier alpha value is -3.20. The molecule has 2 amide bonds. The Balaban J connectivity index is 1.73. The summed E-state index contributed by atoms with van der Waals surface area (Å²) in [4.78, 5) is 23.6. The van der Waals surface area contributed by atoms with Crippen molar-refractivity contribution < 1.29 is 14.0 Å². The number of aromatic nitrogens is 3. The van der Waals surface area contributed by atoms with Gasteiger partial charge in [0.25, 0.3) is 0 Å². The molecule has 1 aromatic heterocycles. The molecule has 1 heterocycles. The van der Waals surface area contributed by atoms with Crippen molar-refractivity contribution in [1.82, 2.24) is 14.8 Å². The van der Waals surface area contributed by atoms with Crippen LogP contribution in [0.2, 0.25) is 0 Å². The van der Waals surface area contributed by atoms with E-state index < -0.39 is 11.2 Å². The third-order valence-corrected chi connectivity index (χ3v) is 5.90. The van der Waals surface area contributed by atoms with Gasteiger partial charge in [0.1, 0.15) is 16.9 Å². The van der Waals surface area contributed by atoms with E-state index in [1.165, 1.54) is 43.0 Å². The minimum absolute atomic E-state index is 0.168. The Bertz CT molecular complexity index is 1100. The number of benzene rings is 2. The molecule has 0 bridgehead atoms. The van der Waals surface area contributed by atoms with Gasteiger partial charge in [0, 0.05) is 18.5 Å². The number of primary amides is 1. The first-order chi connectivity index (χ1) is 14.4. The Morgan fingerprint density at radius 2 is 1.93 bits per heavy atom. The monoisotopic (exact) mass is 425 g/mol. The van der Waals surface area contributed by atoms with Crippen LogP contribution in [-0.4, -0.2) is 26.6 Å². The van der Waals surface area contributed by atoms with Crippen LogP contribution in [-0.2, 0) is 9.59 Å². The third-order valence-electron chi connectivity index (χ3n) is 4.68. The van der Waals surface area contributed by atoms with E-state index in [0.29, 0.717) is 22.3 Å². The van der Waals surface area contributed by atoms with Crippen LogP contribution in [0.1, 0.15) is 42.3 Å². The highest BCUT2D eigenvalue weighted by Crippen LogP contribution is 2.43. The first kappa shape index (κ1) is 20.1. The summed E-state index contributed by atoms with van der Waals surface area (Å²) in [7, 11) is 0. The molecule has 0 radical (unpaired) electrons. The summed E-state index contributed by atoms with van der Waals surface area (Å²) >= 11 is 1.17. The molecule has 154 valence electrons. The second-order valence-corrected chi connectivity index (χ2v) is 8.21. The van der Waals surface area contributed by atoms with Crippen molar-refractivity contribution in [3.63, 3.8) is 0 Å². The predicted molar refractivity (Wildman–Crippen MR) is 112 cm³/mol. The molecule has 1 atom stereocenters. The molecule has 0 unspecified atom stereocenters. The molecule has 3 aromatic rings. The topological polar surface area (TPSA) is 103 Å². The largest absolute Gasteiger partial charge is 0.368 e. The fourth-order valence-corrected chi connectivity index (χ4v) is 4.18. The number of amides is 2. The standard InChI is InChI=1S/C21H20FN5O2S/c1-12(28)24-16-3-2-4-17(11-16)27-20(14-5-6-14)25-26-21(27)30-18(19(23)29)13-7-9-15(22)10-8-13/h2-4,7-11,14,18H,5-6H2,1H3,(H2,23,29)(H,24,28)/t18-/m1/s1. The number of rotatable bonds is 7. The Kier molecular flexibility index (Phi) is 5.54. The maximum absolute atomic E-state index is 13.3. The molecule has 4 rings (SSSR count). The quantitative estimate of drug-likeness (QED) is 0.564. The molecular formula is C21H20FN5O2S. The zero-order chi connectivity index (χ0) is 21.3. The van der Waals surface area contributed by atoms with E-state index >= 15 is 0 Å². The lowest BCUT2D eigenvalue weighted by Crippen LogP contribution is -2.19. The van der Waals surface area contributed by atoms with Crippen LogP contribution in [0.3, 0.4) is 0 Å². The minimum atomic E-state index is -0.751. The zero-order valence-electron chi connectivity index (χ0n) is 16.2. The van der Waals surface area contributed by atoms with E-state index in [2.05, 4.69) is 15.5 Å². The van der Waals surface area contributed by atoms with Gasteiger partial charge in [0.2, 0.25) is 11.8 Å². The van der Waals surface area contributed by atoms with Gasteiger partial charge in [-0.3, -0.25) is 14.2 Å². The normalized spacial score (nSPS) is 14.3. The smallest absolute Gasteiger partial charge is 0.235 e. The molecular weight excluding hydrogens is 405 g/mol. The van der Waals surface area contributed by atoms with E-state index in [0.717, 1.165) is 24.4 Å². The fourth-order valence-electron chi connectivity index (χ4n) is 3.17. The summed E-state index contributed by atoms with van der Waals surface area (Å²) in [6.07, 6.45) is 2.04. The van der Waals surface area contributed by atoms with Crippen LogP contribution in [0.25, 0.3) is 5.69 Å². The van der Waals surface area contributed by atoms with Crippen molar-refractivity contribution in [3.8, 4) is 5.69 Å². The summed E-state index contributed by atoms with van der Waals surface area (Å²) in [5.74, 6) is -0.00554. The molecule has 0 aliphatic heterocycles. The van der Waals surface area contributed by atoms with E-state index in [4.69, 9.17) is 5.73 Å². The van der Waals surface area contributed by atoms with Crippen molar-refractivity contribution in [2.45, 2.75) is 36.1 Å². The van der Waals surface area contributed by atoms with Crippen LogP contribution in [0.15, 0.2) is 53.7 Å².